The highest BCUT2D eigenvalue weighted by Gasteiger charge is 2.20. The number of amides is 10. The molecule has 0 aromatic heterocycles. The van der Waals surface area contributed by atoms with E-state index in [4.69, 9.17) is 0 Å². The number of rotatable bonds is 87. The summed E-state index contributed by atoms with van der Waals surface area (Å²) in [6.45, 7) is 75.0. The average molecular weight is 2060 g/mol. The summed E-state index contributed by atoms with van der Waals surface area (Å²) in [6.07, 6.45) is 53.2. The van der Waals surface area contributed by atoms with Crippen molar-refractivity contribution in [3.63, 3.8) is 0 Å². The predicted molar refractivity (Wildman–Crippen MR) is 599 cm³/mol. The van der Waals surface area contributed by atoms with Crippen LogP contribution >= 0.6 is 0 Å². The molecule has 0 spiro atoms. The van der Waals surface area contributed by atoms with Crippen LogP contribution in [0.3, 0.4) is 0 Å². The number of hydrogen-bond acceptors (Lipinski definition) is 21. The second-order valence-electron chi connectivity index (χ2n) is 33.2. The topological polar surface area (TPSA) is 479 Å². The summed E-state index contributed by atoms with van der Waals surface area (Å²) in [4.78, 5) is 235. The highest BCUT2D eigenvalue weighted by molar-refractivity contribution is 5.96. The van der Waals surface area contributed by atoms with E-state index in [1.807, 2.05) is 0 Å². The van der Waals surface area contributed by atoms with Crippen molar-refractivity contribution in [1.82, 2.24) is 53.2 Å². The Labute approximate surface area is 884 Å². The molecule has 0 fully saturated rings. The molecule has 0 saturated carbocycles. The molecule has 0 aliphatic heterocycles. The molecule has 31 nitrogen and oxygen atoms in total. The van der Waals surface area contributed by atoms with Gasteiger partial charge in [0.25, 0.3) is 0 Å². The van der Waals surface area contributed by atoms with E-state index in [-0.39, 0.29) is 179 Å². The van der Waals surface area contributed by atoms with Crippen LogP contribution in [-0.4, -0.2) is 186 Å². The number of hydrogen-bond donors (Lipinski definition) is 10. The molecule has 0 aliphatic carbocycles. The van der Waals surface area contributed by atoms with Crippen molar-refractivity contribution in [2.75, 3.05) is 39.3 Å². The summed E-state index contributed by atoms with van der Waals surface area (Å²) >= 11 is 0. The van der Waals surface area contributed by atoms with Crippen molar-refractivity contribution < 1.29 is 101 Å². The Morgan fingerprint density at radius 3 is 0.507 bits per heavy atom. The molecule has 822 valence electrons. The van der Waals surface area contributed by atoms with E-state index >= 15 is 0 Å². The summed E-state index contributed by atoms with van der Waals surface area (Å²) in [6, 6.07) is -0.397. The Kier molecular flexibility index (Phi) is 111. The fourth-order valence-electron chi connectivity index (χ4n) is 12.9. The normalized spacial score (nSPS) is 10.6. The summed E-state index contributed by atoms with van der Waals surface area (Å²) in [5.74, 6) is -1.76. The fourth-order valence-corrected chi connectivity index (χ4v) is 12.9. The van der Waals surface area contributed by atoms with Gasteiger partial charge in [-0.1, -0.05) is 204 Å². The minimum absolute atomic E-state index is 0. The third kappa shape index (κ3) is 106. The zero-order valence-corrected chi connectivity index (χ0v) is 86.9. The van der Waals surface area contributed by atoms with Gasteiger partial charge in [-0.2, -0.15) is 0 Å². The Morgan fingerprint density at radius 2 is 0.297 bits per heavy atom. The molecule has 148 heavy (non-hydrogen) atoms. The number of carbonyl (C=O) groups excluding carboxylic acids is 21. The molecular weight excluding hydrogens is 1880 g/mol. The van der Waals surface area contributed by atoms with E-state index < -0.39 is 0 Å². The van der Waals surface area contributed by atoms with E-state index in [1.54, 1.807) is 0 Å². The fraction of sp³-hybridized carbons (Fsp3) is 0.462. The summed E-state index contributed by atoms with van der Waals surface area (Å²) in [5, 5.41) is 27.6. The van der Waals surface area contributed by atoms with Gasteiger partial charge in [0.2, 0.25) is 59.1 Å². The molecule has 31 heteroatoms. The Balaban J connectivity index is -0.000000217. The number of unbranched alkanes of at least 4 members (excludes halogenated alkanes) is 9. The molecular formula is C117H178N10O21. The lowest BCUT2D eigenvalue weighted by molar-refractivity contribution is -0.119. The van der Waals surface area contributed by atoms with Gasteiger partial charge in [-0.15, -0.1) is 0 Å². The lowest BCUT2D eigenvalue weighted by atomic mass is 9.94. The van der Waals surface area contributed by atoms with Gasteiger partial charge < -0.3 is 53.2 Å². The van der Waals surface area contributed by atoms with Gasteiger partial charge in [0.15, 0.2) is 63.6 Å². The molecule has 0 heterocycles. The minimum Gasteiger partial charge on any atom is -0.353 e. The smallest absolute Gasteiger partial charge is 0.243 e. The molecule has 0 aliphatic rings. The molecule has 0 bridgehead atoms. The van der Waals surface area contributed by atoms with Gasteiger partial charge in [-0.05, 0) is 274 Å². The van der Waals surface area contributed by atoms with Crippen molar-refractivity contribution in [2.24, 2.45) is 17.8 Å². The zero-order chi connectivity index (χ0) is 112. The zero-order valence-electron chi connectivity index (χ0n) is 86.9. The SMILES string of the molecule is C.C.C=CC(=O)CCC(CCC(=O)C=C)CNC(=O)C=C.C=CC(=O)CCC(CCC(=O)C=C)NC(=O)C=C.C=CC(=O)CCC(CCCCCCNC(=O)C=C)CNC(=O)C=C.C=CC(=O)CCC(CCCCCCNC(=O)C=C)NC(=O)C=C.C=CC(=O)CCC(CCCCNC(=O)C=C)NC(=O)C=C.C=CC(=O)CCCCC(CCC(=O)C=C)CNC(=O)C=C.C=CC(=O)CCCCC(CCC(=O)C=C)NC(=O)C=C. The minimum atomic E-state index is -0.308. The number of allylic oxidation sites excluding steroid dienone is 11. The maximum atomic E-state index is 11.4. The third-order valence-corrected chi connectivity index (χ3v) is 21.7. The van der Waals surface area contributed by atoms with Crippen molar-refractivity contribution in [2.45, 2.75) is 289 Å². The van der Waals surface area contributed by atoms with Crippen molar-refractivity contribution in [3.05, 3.63) is 266 Å². The quantitative estimate of drug-likeness (QED) is 0.0200. The first-order chi connectivity index (χ1) is 69.7. The van der Waals surface area contributed by atoms with Crippen LogP contribution in [0.15, 0.2) is 266 Å². The maximum Gasteiger partial charge on any atom is 0.243 e. The first kappa shape index (κ1) is 151. The van der Waals surface area contributed by atoms with Crippen LogP contribution in [0.2, 0.25) is 0 Å². The molecule has 5 atom stereocenters. The van der Waals surface area contributed by atoms with Gasteiger partial charge >= 0.3 is 0 Å². The molecule has 10 amide bonds. The van der Waals surface area contributed by atoms with Crippen molar-refractivity contribution >= 4 is 123 Å². The Bertz CT molecular complexity index is 4150. The largest absolute Gasteiger partial charge is 0.353 e. The molecule has 0 saturated heterocycles. The van der Waals surface area contributed by atoms with E-state index in [0.717, 1.165) is 134 Å². The van der Waals surface area contributed by atoms with Crippen molar-refractivity contribution in [3.8, 4) is 0 Å². The van der Waals surface area contributed by atoms with E-state index in [9.17, 15) is 101 Å². The van der Waals surface area contributed by atoms with E-state index in [2.05, 4.69) is 191 Å². The highest BCUT2D eigenvalue weighted by atomic mass is 16.2. The summed E-state index contributed by atoms with van der Waals surface area (Å²) < 4.78 is 0. The van der Waals surface area contributed by atoms with E-state index in [0.29, 0.717) is 161 Å². The van der Waals surface area contributed by atoms with Crippen LogP contribution in [0, 0.1) is 17.8 Å². The predicted octanol–water partition coefficient (Wildman–Crippen LogP) is 17.0. The van der Waals surface area contributed by atoms with Gasteiger partial charge in [-0.3, -0.25) is 101 Å². The van der Waals surface area contributed by atoms with Gasteiger partial charge in [-0.25, -0.2) is 0 Å². The average Bonchev–Trinajstić information content (AvgIpc) is 1.01. The van der Waals surface area contributed by atoms with Gasteiger partial charge in [0.05, 0.1) is 0 Å². The summed E-state index contributed by atoms with van der Waals surface area (Å²) in [7, 11) is 0. The standard InChI is InChI=1S/C19H30N2O3.C18H28N2O3.C17H25NO3.C16H24N2O3.C16H23NO3.C15H21NO3.C14H19NO3.2CH4/c1-4-17(22)13-12-16(15-21-19(24)6-3)11-9-7-8-10-14-20-18(23)5-2;1-4-16(21)13-12-15(20-18(23)6-3)11-9-7-8-10-14-19-17(22)5-2;1-4-15(19)10-8-7-9-14(11-12-16(20)5-2)13-18-17(21)6-3;1-4-14(19)11-10-13(18-16(21)6-3)9-7-8-12-17-15(20)5-2;1-4-14(18)10-8-7-9-13(17-16(20)6-3)11-12-15(19)5-2;1-4-13(17)9-7-12(8-10-14(18)5-2)11-16-15(19)6-3;1-4-12(16)9-7-11(15-14(18)6-3)8-10-13(17)5-2;;/h4-6,16H,1-3,7-15H2,(H,20,23)(H,21,24);4-6,15H,1-3,7-14H2,(H,19,22)(H,20,23);4-6,14H,1-3,7-13H2,(H,18,21);4-6,13H,1-3,7-12H2,(H,17,20)(H,18,21);4-6,13H,1-3,7-12H2,(H,17,20);4-6,12H,1-3,7-11H2,(H,16,19);4-6,11H,1-3,7-10H2,(H,15,18);2*1H4. The first-order valence-corrected chi connectivity index (χ1v) is 49.5. The molecule has 10 N–H and O–H groups in total. The maximum absolute atomic E-state index is 11.4. The second-order valence-corrected chi connectivity index (χ2v) is 33.2. The second kappa shape index (κ2) is 108. The third-order valence-electron chi connectivity index (χ3n) is 21.7. The van der Waals surface area contributed by atoms with Crippen LogP contribution in [0.1, 0.15) is 265 Å². The lowest BCUT2D eigenvalue weighted by Gasteiger charge is -2.17. The van der Waals surface area contributed by atoms with Crippen LogP contribution < -0.4 is 53.2 Å². The highest BCUT2D eigenvalue weighted by Crippen LogP contribution is 2.21. The Morgan fingerprint density at radius 1 is 0.149 bits per heavy atom. The molecule has 0 rings (SSSR count). The number of nitrogens with one attached hydrogen (secondary N) is 10. The molecule has 0 radical (unpaired) electrons. The number of carbonyl (C=O) groups is 21. The van der Waals surface area contributed by atoms with Crippen molar-refractivity contribution in [1.29, 1.82) is 0 Å². The van der Waals surface area contributed by atoms with Crippen LogP contribution in [0.4, 0.5) is 0 Å². The van der Waals surface area contributed by atoms with Crippen LogP contribution in [-0.2, 0) is 101 Å². The summed E-state index contributed by atoms with van der Waals surface area (Å²) in [5.41, 5.74) is 0. The Hall–Kier alpha value is -14.4. The monoisotopic (exact) mass is 2060 g/mol. The van der Waals surface area contributed by atoms with Crippen LogP contribution in [0.5, 0.6) is 0 Å². The van der Waals surface area contributed by atoms with E-state index in [1.165, 1.54) is 122 Å². The molecule has 0 aromatic rings. The first-order valence-electron chi connectivity index (χ1n) is 49.5. The number of ketones is 11. The van der Waals surface area contributed by atoms with Gasteiger partial charge in [0, 0.05) is 134 Å². The molecule has 0 aromatic carbocycles. The van der Waals surface area contributed by atoms with Crippen LogP contribution in [0.25, 0.3) is 0 Å². The van der Waals surface area contributed by atoms with Gasteiger partial charge in [0.1, 0.15) is 0 Å². The lowest BCUT2D eigenvalue weighted by Crippen LogP contribution is -2.34. The molecule has 5 unspecified atom stereocenters.